The molecule has 1 saturated heterocycles. The molecule has 3 heterocycles. The van der Waals surface area contributed by atoms with Gasteiger partial charge in [0.25, 0.3) is 0 Å². The first-order chi connectivity index (χ1) is 12.2. The van der Waals surface area contributed by atoms with Gasteiger partial charge in [0.05, 0.1) is 17.9 Å². The summed E-state index contributed by atoms with van der Waals surface area (Å²) in [5.41, 5.74) is 2.10. The zero-order valence-corrected chi connectivity index (χ0v) is 16.7. The third-order valence-corrected chi connectivity index (χ3v) is 6.72. The molecule has 0 radical (unpaired) electrons. The van der Waals surface area contributed by atoms with Gasteiger partial charge in [0.1, 0.15) is 11.0 Å². The number of nitrogens with zero attached hydrogens (tertiary/aromatic N) is 4. The van der Waals surface area contributed by atoms with E-state index in [1.807, 2.05) is 39.8 Å². The van der Waals surface area contributed by atoms with Crippen molar-refractivity contribution in [2.24, 2.45) is 0 Å². The smallest absolute Gasteiger partial charge is 0.246 e. The van der Waals surface area contributed by atoms with Gasteiger partial charge in [0.2, 0.25) is 15.9 Å². The summed E-state index contributed by atoms with van der Waals surface area (Å²) in [5, 5.41) is 4.41. The Morgan fingerprint density at radius 1 is 1.23 bits per heavy atom. The van der Waals surface area contributed by atoms with Gasteiger partial charge in [-0.15, -0.1) is 0 Å². The van der Waals surface area contributed by atoms with Crippen molar-refractivity contribution in [1.29, 1.82) is 0 Å². The number of hydrogen-bond acceptors (Lipinski definition) is 5. The van der Waals surface area contributed by atoms with Crippen molar-refractivity contribution in [3.8, 4) is 5.88 Å². The van der Waals surface area contributed by atoms with Crippen LogP contribution < -0.4 is 4.74 Å². The number of ether oxygens (including phenoxy) is 1. The normalized spacial score (nSPS) is 18.6. The summed E-state index contributed by atoms with van der Waals surface area (Å²) in [7, 11) is -3.60. The predicted molar refractivity (Wildman–Crippen MR) is 98.9 cm³/mol. The maximum atomic E-state index is 13.2. The van der Waals surface area contributed by atoms with E-state index in [0.29, 0.717) is 41.7 Å². The summed E-state index contributed by atoms with van der Waals surface area (Å²) in [5.74, 6) is 0.536. The largest absolute Gasteiger partial charge is 0.473 e. The van der Waals surface area contributed by atoms with Crippen LogP contribution in [0, 0.1) is 20.8 Å². The van der Waals surface area contributed by atoms with E-state index in [1.54, 1.807) is 17.7 Å². The lowest BCUT2D eigenvalue weighted by molar-refractivity contribution is 0.206. The van der Waals surface area contributed by atoms with E-state index in [9.17, 15) is 8.42 Å². The van der Waals surface area contributed by atoms with Crippen LogP contribution in [0.1, 0.15) is 43.4 Å². The molecule has 0 spiro atoms. The molecule has 0 saturated carbocycles. The molecule has 2 aromatic heterocycles. The summed E-state index contributed by atoms with van der Waals surface area (Å²) >= 11 is 0. The van der Waals surface area contributed by atoms with Crippen molar-refractivity contribution in [3.63, 3.8) is 0 Å². The molecule has 2 aromatic rings. The van der Waals surface area contributed by atoms with Crippen molar-refractivity contribution in [3.05, 3.63) is 35.3 Å². The van der Waals surface area contributed by atoms with E-state index in [0.717, 1.165) is 5.69 Å². The highest BCUT2D eigenvalue weighted by Gasteiger charge is 2.37. The van der Waals surface area contributed by atoms with Gasteiger partial charge in [0.15, 0.2) is 0 Å². The van der Waals surface area contributed by atoms with Crippen LogP contribution in [-0.4, -0.2) is 46.7 Å². The van der Waals surface area contributed by atoms with E-state index in [-0.39, 0.29) is 12.1 Å². The minimum absolute atomic E-state index is 0.111. The molecule has 26 heavy (non-hydrogen) atoms. The number of rotatable bonds is 5. The van der Waals surface area contributed by atoms with Gasteiger partial charge in [-0.05, 0) is 47.1 Å². The summed E-state index contributed by atoms with van der Waals surface area (Å²) < 4.78 is 35.5. The van der Waals surface area contributed by atoms with Crippen LogP contribution in [0.3, 0.4) is 0 Å². The number of hydrogen-bond donors (Lipinski definition) is 0. The molecule has 0 aliphatic carbocycles. The molecular weight excluding hydrogens is 352 g/mol. The first kappa shape index (κ1) is 18.8. The van der Waals surface area contributed by atoms with Crippen LogP contribution >= 0.6 is 0 Å². The second-order valence-electron chi connectivity index (χ2n) is 7.05. The summed E-state index contributed by atoms with van der Waals surface area (Å²) in [6.07, 6.45) is 0.450. The van der Waals surface area contributed by atoms with Crippen molar-refractivity contribution < 1.29 is 13.2 Å². The minimum atomic E-state index is -3.60. The molecule has 0 bridgehead atoms. The summed E-state index contributed by atoms with van der Waals surface area (Å²) in [4.78, 5) is 4.65. The Labute approximate surface area is 155 Å². The molecule has 142 valence electrons. The Morgan fingerprint density at radius 3 is 2.58 bits per heavy atom. The summed E-state index contributed by atoms with van der Waals surface area (Å²) in [6, 6.07) is 5.69. The van der Waals surface area contributed by atoms with E-state index >= 15 is 0 Å². The highest BCUT2D eigenvalue weighted by Crippen LogP contribution is 2.28. The Kier molecular flexibility index (Phi) is 5.07. The Balaban J connectivity index is 1.80. The van der Waals surface area contributed by atoms with Gasteiger partial charge in [-0.3, -0.25) is 4.68 Å². The van der Waals surface area contributed by atoms with Crippen molar-refractivity contribution in [2.45, 2.75) is 58.1 Å². The fraction of sp³-hybridized carbons (Fsp3) is 0.556. The fourth-order valence-corrected chi connectivity index (χ4v) is 5.27. The first-order valence-electron chi connectivity index (χ1n) is 8.86. The zero-order chi connectivity index (χ0) is 19.1. The lowest BCUT2D eigenvalue weighted by Gasteiger charge is -2.18. The standard InChI is InChI=1S/C18H26N4O3S/c1-12(2)22-15(5)18(14(4)20-22)26(23,24)21-10-9-16(11-21)25-17-8-6-7-13(3)19-17/h6-8,12,16H,9-11H2,1-5H3. The third kappa shape index (κ3) is 3.48. The van der Waals surface area contributed by atoms with E-state index in [1.165, 1.54) is 4.31 Å². The van der Waals surface area contributed by atoms with E-state index in [2.05, 4.69) is 10.1 Å². The van der Waals surface area contributed by atoms with E-state index < -0.39 is 10.0 Å². The van der Waals surface area contributed by atoms with Crippen molar-refractivity contribution in [1.82, 2.24) is 19.1 Å². The first-order valence-corrected chi connectivity index (χ1v) is 10.3. The van der Waals surface area contributed by atoms with Crippen LogP contribution in [0.2, 0.25) is 0 Å². The quantitative estimate of drug-likeness (QED) is 0.799. The third-order valence-electron chi connectivity index (χ3n) is 4.60. The van der Waals surface area contributed by atoms with Gasteiger partial charge >= 0.3 is 0 Å². The predicted octanol–water partition coefficient (Wildman–Crippen LogP) is 2.63. The fourth-order valence-electron chi connectivity index (χ4n) is 3.42. The van der Waals surface area contributed by atoms with Crippen LogP contribution in [0.5, 0.6) is 5.88 Å². The molecule has 7 nitrogen and oxygen atoms in total. The lowest BCUT2D eigenvalue weighted by Crippen LogP contribution is -2.31. The molecular formula is C18H26N4O3S. The second-order valence-corrected chi connectivity index (χ2v) is 8.92. The molecule has 0 N–H and O–H groups in total. The molecule has 1 aliphatic heterocycles. The van der Waals surface area contributed by atoms with Crippen molar-refractivity contribution in [2.75, 3.05) is 13.1 Å². The lowest BCUT2D eigenvalue weighted by atomic mass is 10.3. The highest BCUT2D eigenvalue weighted by molar-refractivity contribution is 7.89. The number of aryl methyl sites for hydroxylation is 2. The SMILES string of the molecule is Cc1cccc(OC2CCN(S(=O)(=O)c3c(C)nn(C(C)C)c3C)C2)n1. The topological polar surface area (TPSA) is 77.3 Å². The maximum Gasteiger partial charge on any atom is 0.246 e. The average molecular weight is 378 g/mol. The zero-order valence-electron chi connectivity index (χ0n) is 15.9. The molecule has 1 unspecified atom stereocenters. The Morgan fingerprint density at radius 2 is 1.96 bits per heavy atom. The van der Waals surface area contributed by atoms with E-state index in [4.69, 9.17) is 4.74 Å². The number of aromatic nitrogens is 3. The van der Waals surface area contributed by atoms with Gasteiger partial charge in [-0.2, -0.15) is 9.40 Å². The van der Waals surface area contributed by atoms with Gasteiger partial charge in [-0.1, -0.05) is 6.07 Å². The van der Waals surface area contributed by atoms with Crippen LogP contribution in [0.15, 0.2) is 23.1 Å². The molecule has 1 fully saturated rings. The van der Waals surface area contributed by atoms with Crippen molar-refractivity contribution >= 4 is 10.0 Å². The van der Waals surface area contributed by atoms with Crippen LogP contribution in [0.25, 0.3) is 0 Å². The van der Waals surface area contributed by atoms with Gasteiger partial charge in [-0.25, -0.2) is 13.4 Å². The van der Waals surface area contributed by atoms with Crippen LogP contribution in [-0.2, 0) is 10.0 Å². The molecule has 8 heteroatoms. The molecule has 1 aliphatic rings. The average Bonchev–Trinajstić information content (AvgIpc) is 3.12. The minimum Gasteiger partial charge on any atom is -0.473 e. The second kappa shape index (κ2) is 7.00. The number of pyridine rings is 1. The Bertz CT molecular complexity index is 905. The molecule has 0 aromatic carbocycles. The maximum absolute atomic E-state index is 13.2. The van der Waals surface area contributed by atoms with Gasteiger partial charge in [0, 0.05) is 24.3 Å². The summed E-state index contributed by atoms with van der Waals surface area (Å²) in [6.45, 7) is 10.2. The Hall–Kier alpha value is -1.93. The molecule has 0 amide bonds. The molecule has 1 atom stereocenters. The highest BCUT2D eigenvalue weighted by atomic mass is 32.2. The monoisotopic (exact) mass is 378 g/mol. The van der Waals surface area contributed by atoms with Gasteiger partial charge < -0.3 is 4.74 Å². The van der Waals surface area contributed by atoms with Crippen LogP contribution in [0.4, 0.5) is 0 Å². The number of sulfonamides is 1. The molecule has 3 rings (SSSR count).